The molecule has 0 radical (unpaired) electrons. The number of likely N-dealkylation sites (tertiary alicyclic amines) is 1. The molecule has 2 aromatic rings. The molecule has 5 rings (SSSR count). The predicted octanol–water partition coefficient (Wildman–Crippen LogP) is 4.44. The molecule has 6 nitrogen and oxygen atoms in total. The number of hydrogen-bond acceptors (Lipinski definition) is 5. The number of piperidine rings is 1. The molecular formula is C29H31F4N3O3. The minimum Gasteiger partial charge on any atom is -0.450 e. The van der Waals surface area contributed by atoms with Crippen LogP contribution < -0.4 is 4.90 Å². The largest absolute Gasteiger partial charge is 0.450 e. The lowest BCUT2D eigenvalue weighted by Crippen LogP contribution is -2.53. The predicted molar refractivity (Wildman–Crippen MR) is 138 cm³/mol. The Morgan fingerprint density at radius 1 is 0.974 bits per heavy atom. The first-order chi connectivity index (χ1) is 18.6. The number of esters is 1. The molecule has 0 saturated carbocycles. The van der Waals surface area contributed by atoms with Gasteiger partial charge in [-0.1, -0.05) is 18.2 Å². The van der Waals surface area contributed by atoms with Gasteiger partial charge in [0.15, 0.2) is 0 Å². The van der Waals surface area contributed by atoms with E-state index < -0.39 is 23.3 Å². The molecule has 3 aliphatic heterocycles. The molecule has 0 aliphatic carbocycles. The number of amides is 1. The Kier molecular flexibility index (Phi) is 7.41. The van der Waals surface area contributed by atoms with E-state index in [1.54, 1.807) is 30.0 Å². The summed E-state index contributed by atoms with van der Waals surface area (Å²) in [6, 6.07) is 11.6. The summed E-state index contributed by atoms with van der Waals surface area (Å²) in [6.07, 6.45) is -2.64. The molecule has 1 amide bonds. The number of carbonyl (C=O) groups is 2. The lowest BCUT2D eigenvalue weighted by molar-refractivity contribution is -0.151. The van der Waals surface area contributed by atoms with Crippen molar-refractivity contribution in [1.82, 2.24) is 9.80 Å². The first kappa shape index (κ1) is 27.2. The zero-order valence-electron chi connectivity index (χ0n) is 21.8. The maximum absolute atomic E-state index is 13.7. The lowest BCUT2D eigenvalue weighted by atomic mass is 9.82. The number of piperazine rings is 1. The van der Waals surface area contributed by atoms with Crippen molar-refractivity contribution in [3.8, 4) is 0 Å². The van der Waals surface area contributed by atoms with Crippen molar-refractivity contribution in [3.05, 3.63) is 76.6 Å². The summed E-state index contributed by atoms with van der Waals surface area (Å²) < 4.78 is 58.4. The molecule has 0 unspecified atom stereocenters. The SMILES string of the molecule is CC1=C(C(=O)N2CCN(c3cccc(C(F)(F)F)c3)CC2)C2(CCN(CCc3ccc(F)cc3)CC2)OC1=O. The second-order valence-electron chi connectivity index (χ2n) is 10.4. The van der Waals surface area contributed by atoms with Gasteiger partial charge in [0.2, 0.25) is 0 Å². The van der Waals surface area contributed by atoms with E-state index in [0.717, 1.165) is 30.7 Å². The van der Waals surface area contributed by atoms with Crippen LogP contribution in [0.4, 0.5) is 23.2 Å². The number of alkyl halides is 3. The summed E-state index contributed by atoms with van der Waals surface area (Å²) in [5.41, 5.74) is 0.601. The van der Waals surface area contributed by atoms with Gasteiger partial charge in [-0.25, -0.2) is 9.18 Å². The van der Waals surface area contributed by atoms with Crippen LogP contribution in [0.1, 0.15) is 30.9 Å². The van der Waals surface area contributed by atoms with Crippen molar-refractivity contribution in [2.24, 2.45) is 0 Å². The molecule has 2 fully saturated rings. The van der Waals surface area contributed by atoms with Crippen molar-refractivity contribution >= 4 is 17.6 Å². The quantitative estimate of drug-likeness (QED) is 0.411. The average Bonchev–Trinajstić information content (AvgIpc) is 3.17. The fourth-order valence-corrected chi connectivity index (χ4v) is 5.74. The van der Waals surface area contributed by atoms with Gasteiger partial charge in [-0.05, 0) is 49.2 Å². The summed E-state index contributed by atoms with van der Waals surface area (Å²) in [4.78, 5) is 32.1. The number of rotatable bonds is 5. The van der Waals surface area contributed by atoms with Crippen LogP contribution in [0.25, 0.3) is 0 Å². The highest BCUT2D eigenvalue weighted by Gasteiger charge is 2.51. The fourth-order valence-electron chi connectivity index (χ4n) is 5.74. The lowest BCUT2D eigenvalue weighted by Gasteiger charge is -2.42. The van der Waals surface area contributed by atoms with Gasteiger partial charge in [0, 0.05) is 69.9 Å². The van der Waals surface area contributed by atoms with Crippen molar-refractivity contribution in [1.29, 1.82) is 0 Å². The Balaban J connectivity index is 1.21. The third-order valence-electron chi connectivity index (χ3n) is 8.04. The van der Waals surface area contributed by atoms with Gasteiger partial charge in [0.05, 0.1) is 11.1 Å². The Morgan fingerprint density at radius 2 is 1.64 bits per heavy atom. The number of nitrogens with zero attached hydrogens (tertiary/aromatic N) is 3. The Hall–Kier alpha value is -3.40. The topological polar surface area (TPSA) is 53.1 Å². The van der Waals surface area contributed by atoms with E-state index in [2.05, 4.69) is 4.90 Å². The smallest absolute Gasteiger partial charge is 0.416 e. The standard InChI is InChI=1S/C29H31F4N3O3/c1-20-25(26(37)36-17-15-35(16-18-36)24-4-2-3-22(19-24)29(31,32)33)28(39-27(20)38)10-13-34(14-11-28)12-9-21-5-7-23(30)8-6-21/h2-8,19H,9-18H2,1H3. The number of anilines is 1. The molecular weight excluding hydrogens is 514 g/mol. The second kappa shape index (κ2) is 10.6. The van der Waals surface area contributed by atoms with Crippen LogP contribution in [0.5, 0.6) is 0 Å². The van der Waals surface area contributed by atoms with Gasteiger partial charge >= 0.3 is 12.1 Å². The van der Waals surface area contributed by atoms with Crippen molar-refractivity contribution in [3.63, 3.8) is 0 Å². The Labute approximate surface area is 224 Å². The second-order valence-corrected chi connectivity index (χ2v) is 10.4. The summed E-state index contributed by atoms with van der Waals surface area (Å²) in [5.74, 6) is -0.972. The summed E-state index contributed by atoms with van der Waals surface area (Å²) in [6.45, 7) is 5.16. The minimum absolute atomic E-state index is 0.234. The van der Waals surface area contributed by atoms with Gasteiger partial charge in [-0.3, -0.25) is 4.79 Å². The normalized spacial score (nSPS) is 20.1. The zero-order valence-corrected chi connectivity index (χ0v) is 21.8. The third kappa shape index (κ3) is 5.66. The summed E-state index contributed by atoms with van der Waals surface area (Å²) >= 11 is 0. The van der Waals surface area contributed by atoms with Gasteiger partial charge in [-0.15, -0.1) is 0 Å². The molecule has 0 atom stereocenters. The minimum atomic E-state index is -4.42. The van der Waals surface area contributed by atoms with Crippen molar-refractivity contribution in [2.75, 3.05) is 50.7 Å². The fraction of sp³-hybridized carbons (Fsp3) is 0.448. The molecule has 0 N–H and O–H groups in total. The molecule has 39 heavy (non-hydrogen) atoms. The van der Waals surface area contributed by atoms with Crippen molar-refractivity contribution in [2.45, 2.75) is 38.0 Å². The first-order valence-corrected chi connectivity index (χ1v) is 13.2. The molecule has 1 spiro atoms. The van der Waals surface area contributed by atoms with Crippen LogP contribution in [0.3, 0.4) is 0 Å². The van der Waals surface area contributed by atoms with E-state index in [1.165, 1.54) is 18.2 Å². The van der Waals surface area contributed by atoms with Crippen LogP contribution in [0.15, 0.2) is 59.7 Å². The van der Waals surface area contributed by atoms with E-state index in [0.29, 0.717) is 68.9 Å². The highest BCUT2D eigenvalue weighted by Crippen LogP contribution is 2.42. The molecule has 0 aromatic heterocycles. The highest BCUT2D eigenvalue weighted by molar-refractivity contribution is 6.07. The van der Waals surface area contributed by atoms with Gasteiger partial charge < -0.3 is 19.4 Å². The van der Waals surface area contributed by atoms with Crippen LogP contribution >= 0.6 is 0 Å². The van der Waals surface area contributed by atoms with Gasteiger partial charge in [0.25, 0.3) is 5.91 Å². The Morgan fingerprint density at radius 3 is 2.28 bits per heavy atom. The van der Waals surface area contributed by atoms with E-state index in [4.69, 9.17) is 4.74 Å². The summed E-state index contributed by atoms with van der Waals surface area (Å²) in [5, 5.41) is 0. The molecule has 208 valence electrons. The van der Waals surface area contributed by atoms with Crippen molar-refractivity contribution < 1.29 is 31.9 Å². The maximum Gasteiger partial charge on any atom is 0.416 e. The summed E-state index contributed by atoms with van der Waals surface area (Å²) in [7, 11) is 0. The maximum atomic E-state index is 13.7. The van der Waals surface area contributed by atoms with Gasteiger partial charge in [0.1, 0.15) is 11.4 Å². The van der Waals surface area contributed by atoms with Crippen LogP contribution in [0, 0.1) is 5.82 Å². The van der Waals surface area contributed by atoms with Crippen LogP contribution in [0.2, 0.25) is 0 Å². The first-order valence-electron chi connectivity index (χ1n) is 13.2. The van der Waals surface area contributed by atoms with Crippen LogP contribution in [-0.2, 0) is 26.9 Å². The molecule has 0 bridgehead atoms. The number of halogens is 4. The molecule has 3 aliphatic rings. The third-order valence-corrected chi connectivity index (χ3v) is 8.04. The van der Waals surface area contributed by atoms with Gasteiger partial charge in [-0.2, -0.15) is 13.2 Å². The van der Waals surface area contributed by atoms with E-state index in [1.807, 2.05) is 4.90 Å². The molecule has 2 aromatic carbocycles. The van der Waals surface area contributed by atoms with E-state index >= 15 is 0 Å². The monoisotopic (exact) mass is 545 g/mol. The molecule has 3 heterocycles. The number of ether oxygens (including phenoxy) is 1. The average molecular weight is 546 g/mol. The number of hydrogen-bond donors (Lipinski definition) is 0. The highest BCUT2D eigenvalue weighted by atomic mass is 19.4. The zero-order chi connectivity index (χ0) is 27.8. The van der Waals surface area contributed by atoms with E-state index in [9.17, 15) is 27.2 Å². The van der Waals surface area contributed by atoms with E-state index in [-0.39, 0.29) is 11.7 Å². The number of carbonyl (C=O) groups excluding carboxylic acids is 2. The molecule has 10 heteroatoms. The number of benzene rings is 2. The Bertz CT molecular complexity index is 1260. The molecule has 2 saturated heterocycles. The van der Waals surface area contributed by atoms with Crippen LogP contribution in [-0.4, -0.2) is 73.1 Å².